The van der Waals surface area contributed by atoms with Gasteiger partial charge < -0.3 is 0 Å². The van der Waals surface area contributed by atoms with Gasteiger partial charge in [-0.25, -0.2) is 8.78 Å². The Labute approximate surface area is 176 Å². The Hall–Kier alpha value is -1.65. The number of hydrogen-bond donors (Lipinski definition) is 0. The van der Waals surface area contributed by atoms with Crippen LogP contribution in [-0.4, -0.2) is 12.3 Å². The molecule has 0 nitrogen and oxygen atoms in total. The third-order valence-electron chi connectivity index (χ3n) is 7.29. The van der Waals surface area contributed by atoms with Gasteiger partial charge in [-0.15, -0.1) is 0 Å². The largest absolute Gasteiger partial charge is 0.401 e. The van der Waals surface area contributed by atoms with Crippen molar-refractivity contribution in [3.8, 4) is 0 Å². The second kappa shape index (κ2) is 9.23. The first-order valence-corrected chi connectivity index (χ1v) is 11.1. The molecule has 0 saturated heterocycles. The van der Waals surface area contributed by atoms with Crippen molar-refractivity contribution in [1.29, 1.82) is 0 Å². The molecule has 2 aliphatic carbocycles. The molecule has 3 rings (SSSR count). The minimum absolute atomic E-state index is 0.0924. The average Bonchev–Trinajstić information content (AvgIpc) is 2.74. The molecule has 0 aromatic heterocycles. The molecule has 1 fully saturated rings. The van der Waals surface area contributed by atoms with E-state index in [1.165, 1.54) is 0 Å². The van der Waals surface area contributed by atoms with E-state index in [9.17, 15) is 17.6 Å². The van der Waals surface area contributed by atoms with E-state index in [4.69, 9.17) is 0 Å². The number of allylic oxidation sites excluding steroid dienone is 4. The van der Waals surface area contributed by atoms with Gasteiger partial charge in [0.2, 0.25) is 0 Å². The summed E-state index contributed by atoms with van der Waals surface area (Å²) in [5.41, 5.74) is -2.49. The zero-order chi connectivity index (χ0) is 21.9. The van der Waals surface area contributed by atoms with E-state index < -0.39 is 29.5 Å². The Morgan fingerprint density at radius 3 is 2.27 bits per heavy atom. The third-order valence-corrected chi connectivity index (χ3v) is 7.29. The Kier molecular flexibility index (Phi) is 7.09. The van der Waals surface area contributed by atoms with Gasteiger partial charge in [-0.2, -0.15) is 13.2 Å². The summed E-state index contributed by atoms with van der Waals surface area (Å²) in [4.78, 5) is 0. The van der Waals surface area contributed by atoms with Crippen LogP contribution in [0, 0.1) is 23.2 Å². The lowest BCUT2D eigenvalue weighted by Gasteiger charge is -2.46. The summed E-state index contributed by atoms with van der Waals surface area (Å²) in [5.74, 6) is -1.26. The molecular weight excluding hydrogens is 395 g/mol. The third kappa shape index (κ3) is 4.36. The van der Waals surface area contributed by atoms with Crippen molar-refractivity contribution in [1.82, 2.24) is 0 Å². The normalized spacial score (nSPS) is 31.1. The summed E-state index contributed by atoms with van der Waals surface area (Å²) in [6, 6.07) is 8.19. The summed E-state index contributed by atoms with van der Waals surface area (Å²) < 4.78 is 73.0. The number of hydrogen-bond acceptors (Lipinski definition) is 0. The SMILES string of the molecule is CCC(C)CCC1CCC(C2(C(F)(F)F)C=CC(c3ccccc3)=C(F)C2F)CC1. The van der Waals surface area contributed by atoms with E-state index in [1.807, 2.05) is 0 Å². The van der Waals surface area contributed by atoms with E-state index in [0.29, 0.717) is 30.2 Å². The van der Waals surface area contributed by atoms with E-state index >= 15 is 4.39 Å². The predicted octanol–water partition coefficient (Wildman–Crippen LogP) is 8.46. The first kappa shape index (κ1) is 23.0. The van der Waals surface area contributed by atoms with Crippen molar-refractivity contribution in [2.24, 2.45) is 23.2 Å². The lowest BCUT2D eigenvalue weighted by molar-refractivity contribution is -0.245. The molecule has 166 valence electrons. The molecule has 1 aromatic rings. The van der Waals surface area contributed by atoms with Crippen LogP contribution in [0.15, 0.2) is 48.3 Å². The molecule has 1 saturated carbocycles. The van der Waals surface area contributed by atoms with Crippen LogP contribution in [0.3, 0.4) is 0 Å². The van der Waals surface area contributed by atoms with Gasteiger partial charge in [-0.1, -0.05) is 88.4 Å². The Balaban J connectivity index is 1.81. The van der Waals surface area contributed by atoms with Crippen LogP contribution < -0.4 is 0 Å². The maximum absolute atomic E-state index is 15.3. The molecule has 0 bridgehead atoms. The molecule has 2 aliphatic rings. The van der Waals surface area contributed by atoms with Gasteiger partial charge in [0, 0.05) is 5.57 Å². The van der Waals surface area contributed by atoms with Crippen LogP contribution in [0.2, 0.25) is 0 Å². The summed E-state index contributed by atoms with van der Waals surface area (Å²) in [6.45, 7) is 4.32. The fourth-order valence-electron chi connectivity index (χ4n) is 5.05. The van der Waals surface area contributed by atoms with E-state index in [-0.39, 0.29) is 18.4 Å². The Bertz CT molecular complexity index is 755. The second-order valence-corrected chi connectivity index (χ2v) is 9.06. The fraction of sp³-hybridized carbons (Fsp3) is 0.600. The van der Waals surface area contributed by atoms with Gasteiger partial charge in [0.15, 0.2) is 6.17 Å². The van der Waals surface area contributed by atoms with Gasteiger partial charge in [0.05, 0.1) is 0 Å². The van der Waals surface area contributed by atoms with Crippen molar-refractivity contribution in [2.45, 2.75) is 71.1 Å². The van der Waals surface area contributed by atoms with Crippen molar-refractivity contribution in [2.75, 3.05) is 0 Å². The molecule has 5 heteroatoms. The maximum atomic E-state index is 15.3. The molecular formula is C25H31F5. The number of benzene rings is 1. The van der Waals surface area contributed by atoms with E-state index in [2.05, 4.69) is 13.8 Å². The highest BCUT2D eigenvalue weighted by Crippen LogP contribution is 2.58. The molecule has 0 heterocycles. The molecule has 3 unspecified atom stereocenters. The quantitative estimate of drug-likeness (QED) is 0.400. The molecule has 30 heavy (non-hydrogen) atoms. The van der Waals surface area contributed by atoms with Crippen molar-refractivity contribution < 1.29 is 22.0 Å². The lowest BCUT2D eigenvalue weighted by atomic mass is 9.61. The average molecular weight is 427 g/mol. The Morgan fingerprint density at radius 1 is 1.07 bits per heavy atom. The van der Waals surface area contributed by atoms with Crippen molar-refractivity contribution in [3.05, 3.63) is 53.9 Å². The molecule has 3 atom stereocenters. The molecule has 0 spiro atoms. The molecule has 0 radical (unpaired) electrons. The van der Waals surface area contributed by atoms with Crippen molar-refractivity contribution >= 4 is 5.57 Å². The summed E-state index contributed by atoms with van der Waals surface area (Å²) >= 11 is 0. The summed E-state index contributed by atoms with van der Waals surface area (Å²) in [6.07, 6.45) is -0.482. The van der Waals surface area contributed by atoms with Crippen LogP contribution >= 0.6 is 0 Å². The first-order valence-electron chi connectivity index (χ1n) is 11.1. The van der Waals surface area contributed by atoms with Gasteiger partial charge in [-0.3, -0.25) is 0 Å². The Morgan fingerprint density at radius 2 is 1.70 bits per heavy atom. The minimum atomic E-state index is -4.85. The van der Waals surface area contributed by atoms with Crippen LogP contribution in [0.1, 0.15) is 64.4 Å². The van der Waals surface area contributed by atoms with Crippen LogP contribution in [0.5, 0.6) is 0 Å². The predicted molar refractivity (Wildman–Crippen MR) is 111 cm³/mol. The fourth-order valence-corrected chi connectivity index (χ4v) is 5.05. The van der Waals surface area contributed by atoms with Gasteiger partial charge in [0.25, 0.3) is 0 Å². The summed E-state index contributed by atoms with van der Waals surface area (Å²) in [5, 5.41) is 0. The minimum Gasteiger partial charge on any atom is -0.238 e. The zero-order valence-corrected chi connectivity index (χ0v) is 17.7. The zero-order valence-electron chi connectivity index (χ0n) is 17.7. The van der Waals surface area contributed by atoms with Crippen molar-refractivity contribution in [3.63, 3.8) is 0 Å². The number of alkyl halides is 4. The topological polar surface area (TPSA) is 0 Å². The highest BCUT2D eigenvalue weighted by Gasteiger charge is 2.65. The highest BCUT2D eigenvalue weighted by atomic mass is 19.4. The van der Waals surface area contributed by atoms with Crippen LogP contribution in [-0.2, 0) is 0 Å². The van der Waals surface area contributed by atoms with Crippen LogP contribution in [0.25, 0.3) is 5.57 Å². The molecule has 0 N–H and O–H groups in total. The number of rotatable bonds is 6. The molecule has 0 aliphatic heterocycles. The molecule has 0 amide bonds. The lowest BCUT2D eigenvalue weighted by Crippen LogP contribution is -2.52. The first-order chi connectivity index (χ1) is 14.2. The smallest absolute Gasteiger partial charge is 0.238 e. The van der Waals surface area contributed by atoms with Crippen LogP contribution in [0.4, 0.5) is 22.0 Å². The monoisotopic (exact) mass is 426 g/mol. The van der Waals surface area contributed by atoms with E-state index in [0.717, 1.165) is 31.4 Å². The maximum Gasteiger partial charge on any atom is 0.401 e. The summed E-state index contributed by atoms with van der Waals surface area (Å²) in [7, 11) is 0. The van der Waals surface area contributed by atoms with Gasteiger partial charge in [0.1, 0.15) is 11.2 Å². The number of halogens is 5. The highest BCUT2D eigenvalue weighted by molar-refractivity contribution is 5.78. The molecule has 1 aromatic carbocycles. The van der Waals surface area contributed by atoms with Gasteiger partial charge in [-0.05, 0) is 36.2 Å². The van der Waals surface area contributed by atoms with Gasteiger partial charge >= 0.3 is 6.18 Å². The van der Waals surface area contributed by atoms with E-state index in [1.54, 1.807) is 30.3 Å². The standard InChI is InChI=1S/C25H31F5/c1-3-17(2)9-10-18-11-13-20(14-12-18)24(25(28,29)30)16-15-21(22(26)23(24)27)19-7-5-4-6-8-19/h4-8,15-18,20,23H,3,9-14H2,1-2H3. The second-order valence-electron chi connectivity index (χ2n) is 9.06.